The van der Waals surface area contributed by atoms with Gasteiger partial charge in [-0.2, -0.15) is 5.10 Å². The third-order valence-corrected chi connectivity index (χ3v) is 3.49. The average Bonchev–Trinajstić information content (AvgIpc) is 2.96. The summed E-state index contributed by atoms with van der Waals surface area (Å²) in [4.78, 5) is 28.4. The van der Waals surface area contributed by atoms with Crippen LogP contribution in [0.15, 0.2) is 35.5 Å². The zero-order chi connectivity index (χ0) is 15.9. The Morgan fingerprint density at radius 3 is 2.86 bits per heavy atom. The first-order valence-corrected chi connectivity index (χ1v) is 7.38. The molecule has 0 atom stereocenters. The molecule has 2 aromatic heterocycles. The highest BCUT2D eigenvalue weighted by Gasteiger charge is 2.11. The van der Waals surface area contributed by atoms with Gasteiger partial charge in [-0.15, -0.1) is 0 Å². The lowest BCUT2D eigenvalue weighted by Crippen LogP contribution is -2.27. The van der Waals surface area contributed by atoms with Crippen LogP contribution in [0.4, 0.5) is 5.69 Å². The van der Waals surface area contributed by atoms with Crippen molar-refractivity contribution in [3.05, 3.63) is 46.6 Å². The molecule has 2 N–H and O–H groups in total. The quantitative estimate of drug-likeness (QED) is 0.804. The fourth-order valence-electron chi connectivity index (χ4n) is 2.13. The number of pyridine rings is 1. The van der Waals surface area contributed by atoms with E-state index in [1.165, 1.54) is 12.3 Å². The summed E-state index contributed by atoms with van der Waals surface area (Å²) in [5.74, 6) is -0.440. The fraction of sp³-hybridized carbons (Fsp3) is 0.400. The second kappa shape index (κ2) is 7.56. The van der Waals surface area contributed by atoms with Crippen molar-refractivity contribution >= 4 is 11.6 Å². The van der Waals surface area contributed by atoms with Crippen LogP contribution in [0.25, 0.3) is 0 Å². The van der Waals surface area contributed by atoms with Crippen LogP contribution in [-0.4, -0.2) is 45.2 Å². The van der Waals surface area contributed by atoms with E-state index < -0.39 is 11.5 Å². The smallest absolute Gasteiger partial charge is 0.261 e. The third kappa shape index (κ3) is 4.05. The molecule has 0 aliphatic carbocycles. The first-order chi connectivity index (χ1) is 10.6. The molecule has 7 heteroatoms. The molecule has 0 saturated carbocycles. The van der Waals surface area contributed by atoms with Gasteiger partial charge in [-0.3, -0.25) is 14.3 Å². The predicted molar refractivity (Wildman–Crippen MR) is 85.0 cm³/mol. The largest absolute Gasteiger partial charge is 0.328 e. The normalized spacial score (nSPS) is 10.9. The van der Waals surface area contributed by atoms with E-state index in [1.807, 2.05) is 0 Å². The van der Waals surface area contributed by atoms with Crippen molar-refractivity contribution in [1.29, 1.82) is 0 Å². The number of hydrogen-bond acceptors (Lipinski definition) is 4. The van der Waals surface area contributed by atoms with Crippen LogP contribution in [0.5, 0.6) is 0 Å². The Morgan fingerprint density at radius 2 is 2.18 bits per heavy atom. The second-order valence-electron chi connectivity index (χ2n) is 4.89. The minimum Gasteiger partial charge on any atom is -0.328 e. The summed E-state index contributed by atoms with van der Waals surface area (Å²) in [6, 6.07) is 3.10. The highest BCUT2D eigenvalue weighted by molar-refractivity contribution is 6.03. The number of carbonyl (C=O) groups excluding carboxylic acids is 1. The summed E-state index contributed by atoms with van der Waals surface area (Å²) in [5, 5.41) is 6.89. The predicted octanol–water partition coefficient (Wildman–Crippen LogP) is 1.17. The molecule has 1 amide bonds. The molecule has 0 spiro atoms. The zero-order valence-corrected chi connectivity index (χ0v) is 12.9. The molecule has 2 aromatic rings. The number of anilines is 1. The Hall–Kier alpha value is -2.41. The topological polar surface area (TPSA) is 83.0 Å². The molecule has 2 heterocycles. The number of nitrogens with zero attached hydrogens (tertiary/aromatic N) is 3. The van der Waals surface area contributed by atoms with Crippen LogP contribution < -0.4 is 10.9 Å². The number of nitrogens with one attached hydrogen (secondary N) is 2. The van der Waals surface area contributed by atoms with Crippen molar-refractivity contribution in [2.24, 2.45) is 0 Å². The highest BCUT2D eigenvalue weighted by Crippen LogP contribution is 2.06. The van der Waals surface area contributed by atoms with E-state index >= 15 is 0 Å². The maximum atomic E-state index is 12.0. The van der Waals surface area contributed by atoms with Gasteiger partial charge in [0.25, 0.3) is 11.5 Å². The second-order valence-corrected chi connectivity index (χ2v) is 4.89. The van der Waals surface area contributed by atoms with Crippen LogP contribution in [0.1, 0.15) is 24.2 Å². The van der Waals surface area contributed by atoms with Crippen molar-refractivity contribution in [2.75, 3.05) is 25.0 Å². The van der Waals surface area contributed by atoms with E-state index in [9.17, 15) is 9.59 Å². The summed E-state index contributed by atoms with van der Waals surface area (Å²) in [6.07, 6.45) is 4.83. The Morgan fingerprint density at radius 1 is 1.41 bits per heavy atom. The number of aromatic nitrogens is 3. The molecular weight excluding hydrogens is 282 g/mol. The number of amides is 1. The van der Waals surface area contributed by atoms with Gasteiger partial charge in [0.1, 0.15) is 5.56 Å². The Bertz CT molecular complexity index is 672. The van der Waals surface area contributed by atoms with Crippen molar-refractivity contribution in [3.63, 3.8) is 0 Å². The molecule has 118 valence electrons. The van der Waals surface area contributed by atoms with E-state index in [2.05, 4.69) is 34.1 Å². The van der Waals surface area contributed by atoms with Gasteiger partial charge in [-0.05, 0) is 25.2 Å². The standard InChI is InChI=1S/C15H21N5O2/c1-3-19(4-2)8-9-20-11-12(10-17-20)18-15(22)13-6-5-7-16-14(13)21/h5-7,10-11H,3-4,8-9H2,1-2H3,(H,16,21)(H,18,22). The summed E-state index contributed by atoms with van der Waals surface area (Å²) < 4.78 is 1.78. The van der Waals surface area contributed by atoms with Gasteiger partial charge in [0.15, 0.2) is 0 Å². The fourth-order valence-corrected chi connectivity index (χ4v) is 2.13. The lowest BCUT2D eigenvalue weighted by Gasteiger charge is -2.17. The first-order valence-electron chi connectivity index (χ1n) is 7.38. The lowest BCUT2D eigenvalue weighted by atomic mass is 10.2. The number of H-pyrrole nitrogens is 1. The summed E-state index contributed by atoms with van der Waals surface area (Å²) >= 11 is 0. The van der Waals surface area contributed by atoms with Crippen molar-refractivity contribution < 1.29 is 4.79 Å². The van der Waals surface area contributed by atoms with Crippen molar-refractivity contribution in [1.82, 2.24) is 19.7 Å². The molecule has 0 aromatic carbocycles. The first kappa shape index (κ1) is 16.0. The molecule has 0 aliphatic heterocycles. The van der Waals surface area contributed by atoms with E-state index in [-0.39, 0.29) is 5.56 Å². The average molecular weight is 303 g/mol. The number of rotatable bonds is 7. The molecule has 0 aliphatic rings. The molecule has 0 saturated heterocycles. The molecule has 7 nitrogen and oxygen atoms in total. The molecule has 0 unspecified atom stereocenters. The van der Waals surface area contributed by atoms with Crippen molar-refractivity contribution in [2.45, 2.75) is 20.4 Å². The number of likely N-dealkylation sites (N-methyl/N-ethyl adjacent to an activating group) is 1. The van der Waals surface area contributed by atoms with Crippen LogP contribution in [0.2, 0.25) is 0 Å². The summed E-state index contributed by atoms with van der Waals surface area (Å²) in [7, 11) is 0. The van der Waals surface area contributed by atoms with Gasteiger partial charge >= 0.3 is 0 Å². The number of hydrogen-bond donors (Lipinski definition) is 2. The van der Waals surface area contributed by atoms with Gasteiger partial charge in [0, 0.05) is 18.9 Å². The zero-order valence-electron chi connectivity index (χ0n) is 12.9. The summed E-state index contributed by atoms with van der Waals surface area (Å²) in [5.41, 5.74) is 0.250. The van der Waals surface area contributed by atoms with Crippen molar-refractivity contribution in [3.8, 4) is 0 Å². The van der Waals surface area contributed by atoms with Gasteiger partial charge in [0.2, 0.25) is 0 Å². The van der Waals surface area contributed by atoms with E-state index in [0.29, 0.717) is 5.69 Å². The van der Waals surface area contributed by atoms with Crippen LogP contribution >= 0.6 is 0 Å². The summed E-state index contributed by atoms with van der Waals surface area (Å²) in [6.45, 7) is 7.89. The van der Waals surface area contributed by atoms with Gasteiger partial charge in [-0.1, -0.05) is 13.8 Å². The molecular formula is C15H21N5O2. The molecule has 0 fully saturated rings. The van der Waals surface area contributed by atoms with Gasteiger partial charge < -0.3 is 15.2 Å². The van der Waals surface area contributed by atoms with Gasteiger partial charge in [-0.25, -0.2) is 0 Å². The molecule has 22 heavy (non-hydrogen) atoms. The van der Waals surface area contributed by atoms with E-state index in [4.69, 9.17) is 0 Å². The lowest BCUT2D eigenvalue weighted by molar-refractivity contribution is 0.102. The molecule has 0 radical (unpaired) electrons. The van der Waals surface area contributed by atoms with E-state index in [0.717, 1.165) is 26.2 Å². The van der Waals surface area contributed by atoms with Crippen LogP contribution in [-0.2, 0) is 6.54 Å². The maximum absolute atomic E-state index is 12.0. The Labute approximate surface area is 129 Å². The Kier molecular flexibility index (Phi) is 5.48. The molecule has 0 bridgehead atoms. The molecule has 2 rings (SSSR count). The number of aromatic amines is 1. The maximum Gasteiger partial charge on any atom is 0.261 e. The third-order valence-electron chi connectivity index (χ3n) is 3.49. The van der Waals surface area contributed by atoms with Crippen LogP contribution in [0.3, 0.4) is 0 Å². The minimum atomic E-state index is -0.440. The monoisotopic (exact) mass is 303 g/mol. The van der Waals surface area contributed by atoms with Gasteiger partial charge in [0.05, 0.1) is 18.4 Å². The van der Waals surface area contributed by atoms with E-state index in [1.54, 1.807) is 23.1 Å². The Balaban J connectivity index is 1.96. The van der Waals surface area contributed by atoms with Crippen LogP contribution in [0, 0.1) is 0 Å². The number of carbonyl (C=O) groups is 1. The minimum absolute atomic E-state index is 0.0818. The highest BCUT2D eigenvalue weighted by atomic mass is 16.2. The SMILES string of the molecule is CCN(CC)CCn1cc(NC(=O)c2ccc[nH]c2=O)cn1.